The number of benzene rings is 1. The summed E-state index contributed by atoms with van der Waals surface area (Å²) in [5, 5.41) is 2.98. The van der Waals surface area contributed by atoms with Crippen LogP contribution in [0.15, 0.2) is 24.3 Å². The van der Waals surface area contributed by atoms with Gasteiger partial charge in [0.1, 0.15) is 0 Å². The number of carbonyl (C=O) groups is 1. The summed E-state index contributed by atoms with van der Waals surface area (Å²) in [4.78, 5) is 16.7. The molecule has 1 saturated heterocycles. The van der Waals surface area contributed by atoms with Gasteiger partial charge in [0.05, 0.1) is 0 Å². The molecule has 0 bridgehead atoms. The smallest absolute Gasteiger partial charge is 0.224 e. The summed E-state index contributed by atoms with van der Waals surface area (Å²) >= 11 is 0. The number of nitrogens with one attached hydrogen (secondary N) is 1. The van der Waals surface area contributed by atoms with E-state index < -0.39 is 0 Å². The number of unbranched alkanes of at least 4 members (excludes halogenated alkanes) is 2. The van der Waals surface area contributed by atoms with Crippen LogP contribution in [0.2, 0.25) is 0 Å². The van der Waals surface area contributed by atoms with E-state index in [1.807, 2.05) is 12.1 Å². The van der Waals surface area contributed by atoms with Gasteiger partial charge in [0.2, 0.25) is 5.91 Å². The second-order valence-electron chi connectivity index (χ2n) is 5.97. The zero-order valence-electron chi connectivity index (χ0n) is 14.0. The van der Waals surface area contributed by atoms with Gasteiger partial charge in [-0.3, -0.25) is 4.79 Å². The molecule has 1 aliphatic heterocycles. The Bertz CT molecular complexity index is 450. The van der Waals surface area contributed by atoms with Crippen LogP contribution in [0.3, 0.4) is 0 Å². The number of piperazine rings is 1. The van der Waals surface area contributed by atoms with Crippen LogP contribution in [0.1, 0.15) is 39.5 Å². The normalized spacial score (nSPS) is 15.8. The molecule has 2 rings (SSSR count). The van der Waals surface area contributed by atoms with Crippen LogP contribution in [-0.2, 0) is 4.79 Å². The summed E-state index contributed by atoms with van der Waals surface area (Å²) in [6, 6.07) is 8.25. The predicted octanol–water partition coefficient (Wildman–Crippen LogP) is 3.35. The molecule has 0 radical (unpaired) electrons. The van der Waals surface area contributed by atoms with Crippen molar-refractivity contribution in [3.63, 3.8) is 0 Å². The molecule has 1 aromatic rings. The van der Waals surface area contributed by atoms with Crippen molar-refractivity contribution in [1.29, 1.82) is 0 Å². The van der Waals surface area contributed by atoms with Crippen molar-refractivity contribution in [1.82, 2.24) is 4.90 Å². The molecule has 1 aromatic carbocycles. The minimum absolute atomic E-state index is 0.123. The van der Waals surface area contributed by atoms with Crippen molar-refractivity contribution in [2.45, 2.75) is 39.5 Å². The third-order valence-electron chi connectivity index (χ3n) is 4.34. The Morgan fingerprint density at radius 2 is 1.73 bits per heavy atom. The average Bonchev–Trinajstić information content (AvgIpc) is 2.56. The second kappa shape index (κ2) is 8.79. The van der Waals surface area contributed by atoms with Gasteiger partial charge in [-0.25, -0.2) is 0 Å². The highest BCUT2D eigenvalue weighted by molar-refractivity contribution is 5.90. The topological polar surface area (TPSA) is 35.6 Å². The fourth-order valence-corrected chi connectivity index (χ4v) is 2.84. The SMILES string of the molecule is CCCCCC(=O)Nc1ccc(N2CCN(CC)CC2)cc1. The number of hydrogen-bond acceptors (Lipinski definition) is 3. The van der Waals surface area contributed by atoms with E-state index in [4.69, 9.17) is 0 Å². The van der Waals surface area contributed by atoms with E-state index in [9.17, 15) is 4.79 Å². The standard InChI is InChI=1S/C18H29N3O/c1-3-5-6-7-18(22)19-16-8-10-17(11-9-16)21-14-12-20(4-2)13-15-21/h8-11H,3-7,12-15H2,1-2H3,(H,19,22). The van der Waals surface area contributed by atoms with Gasteiger partial charge < -0.3 is 15.1 Å². The fraction of sp³-hybridized carbons (Fsp3) is 0.611. The lowest BCUT2D eigenvalue weighted by atomic mass is 10.2. The molecule has 0 aromatic heterocycles. The van der Waals surface area contributed by atoms with Gasteiger partial charge in [0.15, 0.2) is 0 Å². The van der Waals surface area contributed by atoms with E-state index in [0.29, 0.717) is 6.42 Å². The maximum absolute atomic E-state index is 11.8. The van der Waals surface area contributed by atoms with Crippen molar-refractivity contribution in [2.75, 3.05) is 42.9 Å². The van der Waals surface area contributed by atoms with E-state index in [0.717, 1.165) is 57.7 Å². The molecule has 1 heterocycles. The van der Waals surface area contributed by atoms with Gasteiger partial charge in [-0.05, 0) is 37.2 Å². The van der Waals surface area contributed by atoms with Crippen LogP contribution in [0.25, 0.3) is 0 Å². The maximum atomic E-state index is 11.8. The minimum Gasteiger partial charge on any atom is -0.369 e. The zero-order chi connectivity index (χ0) is 15.8. The van der Waals surface area contributed by atoms with Crippen LogP contribution >= 0.6 is 0 Å². The van der Waals surface area contributed by atoms with Crippen molar-refractivity contribution in [2.24, 2.45) is 0 Å². The molecule has 0 atom stereocenters. The molecule has 0 aliphatic carbocycles. The molecule has 1 N–H and O–H groups in total. The van der Waals surface area contributed by atoms with Gasteiger partial charge in [-0.1, -0.05) is 26.7 Å². The first-order valence-corrected chi connectivity index (χ1v) is 8.60. The lowest BCUT2D eigenvalue weighted by Crippen LogP contribution is -2.46. The van der Waals surface area contributed by atoms with Crippen LogP contribution in [0.4, 0.5) is 11.4 Å². The number of anilines is 2. The van der Waals surface area contributed by atoms with E-state index >= 15 is 0 Å². The largest absolute Gasteiger partial charge is 0.369 e. The molecular formula is C18H29N3O. The lowest BCUT2D eigenvalue weighted by Gasteiger charge is -2.35. The highest BCUT2D eigenvalue weighted by Crippen LogP contribution is 2.19. The number of nitrogens with zero attached hydrogens (tertiary/aromatic N) is 2. The van der Waals surface area contributed by atoms with E-state index in [-0.39, 0.29) is 5.91 Å². The monoisotopic (exact) mass is 303 g/mol. The lowest BCUT2D eigenvalue weighted by molar-refractivity contribution is -0.116. The number of likely N-dealkylation sites (N-methyl/N-ethyl adjacent to an activating group) is 1. The average molecular weight is 303 g/mol. The summed E-state index contributed by atoms with van der Waals surface area (Å²) in [5.41, 5.74) is 2.15. The Balaban J connectivity index is 1.81. The van der Waals surface area contributed by atoms with Crippen molar-refractivity contribution in [3.05, 3.63) is 24.3 Å². The van der Waals surface area contributed by atoms with Crippen LogP contribution in [0, 0.1) is 0 Å². The van der Waals surface area contributed by atoms with E-state index in [1.54, 1.807) is 0 Å². The number of hydrogen-bond donors (Lipinski definition) is 1. The van der Waals surface area contributed by atoms with Crippen LogP contribution in [-0.4, -0.2) is 43.5 Å². The molecular weight excluding hydrogens is 274 g/mol. The Labute approximate surface area is 134 Å². The third-order valence-corrected chi connectivity index (χ3v) is 4.34. The predicted molar refractivity (Wildman–Crippen MR) is 93.5 cm³/mol. The van der Waals surface area contributed by atoms with Crippen molar-refractivity contribution < 1.29 is 4.79 Å². The molecule has 4 heteroatoms. The third kappa shape index (κ3) is 5.02. The van der Waals surface area contributed by atoms with E-state index in [2.05, 4.69) is 41.1 Å². The Hall–Kier alpha value is -1.55. The van der Waals surface area contributed by atoms with Gasteiger partial charge in [-0.2, -0.15) is 0 Å². The second-order valence-corrected chi connectivity index (χ2v) is 5.97. The number of rotatable bonds is 7. The zero-order valence-corrected chi connectivity index (χ0v) is 14.0. The molecule has 1 fully saturated rings. The van der Waals surface area contributed by atoms with Crippen molar-refractivity contribution >= 4 is 17.3 Å². The maximum Gasteiger partial charge on any atom is 0.224 e. The molecule has 0 saturated carbocycles. The van der Waals surface area contributed by atoms with Gasteiger partial charge in [0.25, 0.3) is 0 Å². The van der Waals surface area contributed by atoms with Gasteiger partial charge in [0, 0.05) is 44.0 Å². The fourth-order valence-electron chi connectivity index (χ4n) is 2.84. The molecule has 0 spiro atoms. The number of carbonyl (C=O) groups excluding carboxylic acids is 1. The Morgan fingerprint density at radius 3 is 2.32 bits per heavy atom. The highest BCUT2D eigenvalue weighted by atomic mass is 16.1. The van der Waals surface area contributed by atoms with Gasteiger partial charge >= 0.3 is 0 Å². The summed E-state index contributed by atoms with van der Waals surface area (Å²) < 4.78 is 0. The first-order valence-electron chi connectivity index (χ1n) is 8.60. The highest BCUT2D eigenvalue weighted by Gasteiger charge is 2.15. The van der Waals surface area contributed by atoms with Crippen LogP contribution < -0.4 is 10.2 Å². The van der Waals surface area contributed by atoms with Crippen molar-refractivity contribution in [3.8, 4) is 0 Å². The van der Waals surface area contributed by atoms with Crippen LogP contribution in [0.5, 0.6) is 0 Å². The summed E-state index contributed by atoms with van der Waals surface area (Å²) in [5.74, 6) is 0.123. The van der Waals surface area contributed by atoms with Gasteiger partial charge in [-0.15, -0.1) is 0 Å². The molecule has 22 heavy (non-hydrogen) atoms. The molecule has 122 valence electrons. The Kier molecular flexibility index (Phi) is 6.72. The molecule has 0 unspecified atom stereocenters. The Morgan fingerprint density at radius 1 is 1.05 bits per heavy atom. The molecule has 1 amide bonds. The summed E-state index contributed by atoms with van der Waals surface area (Å²) in [7, 11) is 0. The molecule has 1 aliphatic rings. The number of amides is 1. The quantitative estimate of drug-likeness (QED) is 0.785. The first kappa shape index (κ1) is 16.8. The minimum atomic E-state index is 0.123. The summed E-state index contributed by atoms with van der Waals surface area (Å²) in [6.07, 6.45) is 3.86. The first-order chi connectivity index (χ1) is 10.7. The summed E-state index contributed by atoms with van der Waals surface area (Å²) in [6.45, 7) is 9.92. The molecule has 4 nitrogen and oxygen atoms in total. The van der Waals surface area contributed by atoms with E-state index in [1.165, 1.54) is 5.69 Å².